The van der Waals surface area contributed by atoms with E-state index in [1.54, 1.807) is 30.3 Å². The summed E-state index contributed by atoms with van der Waals surface area (Å²) in [5.41, 5.74) is 8.55. The zero-order valence-electron chi connectivity index (χ0n) is 19.9. The summed E-state index contributed by atoms with van der Waals surface area (Å²) in [6, 6.07) is 14.8. The number of piperazine rings is 1. The van der Waals surface area contributed by atoms with Gasteiger partial charge in [0.2, 0.25) is 5.75 Å². The molecule has 2 heterocycles. The molecule has 3 N–H and O–H groups in total. The molecule has 35 heavy (non-hydrogen) atoms. The maximum atomic E-state index is 13.5. The zero-order chi connectivity index (χ0) is 24.4. The molecule has 1 saturated carbocycles. The fourth-order valence-electron chi connectivity index (χ4n) is 4.05. The lowest BCUT2D eigenvalue weighted by Gasteiger charge is -2.35. The van der Waals surface area contributed by atoms with Gasteiger partial charge in [0, 0.05) is 37.3 Å². The van der Waals surface area contributed by atoms with Crippen LogP contribution >= 0.6 is 11.9 Å². The zero-order valence-corrected chi connectivity index (χ0v) is 20.7. The number of nitrogens with zero attached hydrogens (tertiary/aromatic N) is 4. The van der Waals surface area contributed by atoms with E-state index < -0.39 is 0 Å². The molecular weight excluding hydrogens is 462 g/mol. The lowest BCUT2D eigenvalue weighted by atomic mass is 10.2. The molecule has 5 rings (SSSR count). The summed E-state index contributed by atoms with van der Waals surface area (Å²) in [5.74, 6) is 1.27. The normalized spacial score (nSPS) is 17.3. The third-order valence-corrected chi connectivity index (χ3v) is 7.86. The molecule has 0 radical (unpaired) electrons. The number of para-hydroxylation sites is 1. The number of nitrogens with two attached hydrogens (primary N) is 1. The Balaban J connectivity index is 1.29. The van der Waals surface area contributed by atoms with Crippen molar-refractivity contribution in [3.05, 3.63) is 70.6 Å². The van der Waals surface area contributed by atoms with E-state index in [0.29, 0.717) is 18.0 Å². The van der Waals surface area contributed by atoms with Crippen LogP contribution in [0.2, 0.25) is 0 Å². The lowest BCUT2D eigenvalue weighted by Crippen LogP contribution is -2.44. The van der Waals surface area contributed by atoms with Crippen LogP contribution in [0.1, 0.15) is 25.3 Å². The monoisotopic (exact) mass is 493 g/mol. The smallest absolute Gasteiger partial charge is 0.316 e. The number of hydrogen-bond acceptors (Lipinski definition) is 8. The molecule has 2 aromatic carbocycles. The predicted molar refractivity (Wildman–Crippen MR) is 140 cm³/mol. The van der Waals surface area contributed by atoms with E-state index in [4.69, 9.17) is 10.5 Å². The van der Waals surface area contributed by atoms with Crippen molar-refractivity contribution in [1.29, 1.82) is 0 Å². The van der Waals surface area contributed by atoms with Crippen LogP contribution in [-0.2, 0) is 5.75 Å². The Morgan fingerprint density at radius 3 is 2.54 bits per heavy atom. The van der Waals surface area contributed by atoms with Gasteiger partial charge in [-0.15, -0.1) is 0 Å². The second kappa shape index (κ2) is 9.83. The number of benzene rings is 2. The van der Waals surface area contributed by atoms with Gasteiger partial charge in [-0.05, 0) is 42.7 Å². The summed E-state index contributed by atoms with van der Waals surface area (Å²) in [6.45, 7) is 5.95. The van der Waals surface area contributed by atoms with Gasteiger partial charge in [0.25, 0.3) is 0 Å². The fourth-order valence-corrected chi connectivity index (χ4v) is 4.98. The highest BCUT2D eigenvalue weighted by Crippen LogP contribution is 2.45. The van der Waals surface area contributed by atoms with Crippen LogP contribution in [0, 0.1) is 5.41 Å². The molecule has 1 aliphatic carbocycles. The molecule has 9 heteroatoms. The van der Waals surface area contributed by atoms with Crippen LogP contribution in [0.3, 0.4) is 0 Å². The Kier molecular flexibility index (Phi) is 6.62. The SMILES string of the molecule is CC1(COc2c(N3CCN(SCc4ccc(N)c(O)c4)CC3)cnn(-c3ccccc3)c2=O)CC1. The van der Waals surface area contributed by atoms with E-state index in [2.05, 4.69) is 21.2 Å². The van der Waals surface area contributed by atoms with E-state index in [-0.39, 0.29) is 16.7 Å². The van der Waals surface area contributed by atoms with Gasteiger partial charge in [-0.2, -0.15) is 9.78 Å². The Morgan fingerprint density at radius 1 is 1.11 bits per heavy atom. The Bertz CT molecular complexity index is 1240. The van der Waals surface area contributed by atoms with Gasteiger partial charge in [-0.3, -0.25) is 4.79 Å². The first kappa shape index (κ1) is 23.6. The van der Waals surface area contributed by atoms with Crippen molar-refractivity contribution in [3.8, 4) is 17.2 Å². The first-order valence-corrected chi connectivity index (χ1v) is 12.9. The highest BCUT2D eigenvalue weighted by molar-refractivity contribution is 7.96. The maximum Gasteiger partial charge on any atom is 0.316 e. The van der Waals surface area contributed by atoms with Gasteiger partial charge in [-0.25, -0.2) is 4.31 Å². The lowest BCUT2D eigenvalue weighted by molar-refractivity contribution is 0.243. The van der Waals surface area contributed by atoms with Gasteiger partial charge in [0.1, 0.15) is 11.4 Å². The summed E-state index contributed by atoms with van der Waals surface area (Å²) in [7, 11) is 0. The van der Waals surface area contributed by atoms with Crippen molar-refractivity contribution >= 4 is 23.3 Å². The number of nitrogen functional groups attached to an aromatic ring is 1. The largest absolute Gasteiger partial charge is 0.506 e. The molecule has 0 amide bonds. The quantitative estimate of drug-likeness (QED) is 0.279. The van der Waals surface area contributed by atoms with Crippen LogP contribution in [0.15, 0.2) is 59.5 Å². The Hall–Kier alpha value is -3.17. The van der Waals surface area contributed by atoms with Crippen molar-refractivity contribution in [1.82, 2.24) is 14.1 Å². The van der Waals surface area contributed by atoms with E-state index >= 15 is 0 Å². The van der Waals surface area contributed by atoms with Gasteiger partial charge < -0.3 is 20.5 Å². The molecule has 0 bridgehead atoms. The molecule has 1 aliphatic heterocycles. The Labute approximate surface area is 209 Å². The number of aromatic nitrogens is 2. The third kappa shape index (κ3) is 5.41. The molecule has 2 aliphatic rings. The summed E-state index contributed by atoms with van der Waals surface area (Å²) in [5, 5.41) is 14.3. The summed E-state index contributed by atoms with van der Waals surface area (Å²) < 4.78 is 9.93. The van der Waals surface area contributed by atoms with Crippen molar-refractivity contribution in [2.24, 2.45) is 5.41 Å². The van der Waals surface area contributed by atoms with E-state index in [9.17, 15) is 9.90 Å². The van der Waals surface area contributed by atoms with Crippen LogP contribution in [0.25, 0.3) is 5.69 Å². The third-order valence-electron chi connectivity index (χ3n) is 6.67. The van der Waals surface area contributed by atoms with Gasteiger partial charge in [0.15, 0.2) is 0 Å². The minimum absolute atomic E-state index is 0.123. The molecule has 8 nitrogen and oxygen atoms in total. The number of rotatable bonds is 8. The number of hydrogen-bond donors (Lipinski definition) is 2. The molecule has 0 unspecified atom stereocenters. The fraction of sp³-hybridized carbons (Fsp3) is 0.385. The first-order chi connectivity index (χ1) is 16.9. The number of aromatic hydroxyl groups is 1. The molecule has 184 valence electrons. The summed E-state index contributed by atoms with van der Waals surface area (Å²) in [6.07, 6.45) is 4.02. The molecule has 0 atom stereocenters. The van der Waals surface area contributed by atoms with Crippen molar-refractivity contribution in [2.45, 2.75) is 25.5 Å². The van der Waals surface area contributed by atoms with Crippen molar-refractivity contribution < 1.29 is 9.84 Å². The Morgan fingerprint density at radius 2 is 1.86 bits per heavy atom. The standard InChI is InChI=1S/C26H31N5O3S/c1-26(9-10-26)18-34-24-22(16-28-31(25(24)33)20-5-3-2-4-6-20)29-11-13-30(14-12-29)35-17-19-7-8-21(27)23(32)15-19/h2-8,15-16,32H,9-14,17-18,27H2,1H3. The van der Waals surface area contributed by atoms with Crippen LogP contribution in [0.4, 0.5) is 11.4 Å². The average molecular weight is 494 g/mol. The first-order valence-electron chi connectivity index (χ1n) is 11.9. The van der Waals surface area contributed by atoms with Gasteiger partial charge in [0.05, 0.1) is 24.2 Å². The molecule has 3 aromatic rings. The molecular formula is C26H31N5O3S. The topological polar surface area (TPSA) is 96.8 Å². The van der Waals surface area contributed by atoms with Gasteiger partial charge in [-0.1, -0.05) is 43.1 Å². The second-order valence-corrected chi connectivity index (χ2v) is 10.7. The summed E-state index contributed by atoms with van der Waals surface area (Å²) in [4.78, 5) is 15.6. The minimum atomic E-state index is -0.224. The minimum Gasteiger partial charge on any atom is -0.506 e. The molecule has 1 saturated heterocycles. The molecule has 2 fully saturated rings. The molecule has 1 aromatic heterocycles. The van der Waals surface area contributed by atoms with Crippen molar-refractivity contribution in [2.75, 3.05) is 43.4 Å². The van der Waals surface area contributed by atoms with E-state index in [1.165, 1.54) is 4.68 Å². The number of phenolic OH excluding ortho intramolecular Hbond substituents is 1. The highest BCUT2D eigenvalue weighted by atomic mass is 32.2. The second-order valence-electron chi connectivity index (χ2n) is 9.59. The van der Waals surface area contributed by atoms with Crippen molar-refractivity contribution in [3.63, 3.8) is 0 Å². The average Bonchev–Trinajstić information content (AvgIpc) is 3.62. The van der Waals surface area contributed by atoms with E-state index in [1.807, 2.05) is 36.4 Å². The maximum absolute atomic E-state index is 13.5. The van der Waals surface area contributed by atoms with E-state index in [0.717, 1.165) is 61.7 Å². The molecule has 0 spiro atoms. The summed E-state index contributed by atoms with van der Waals surface area (Å²) >= 11 is 1.73. The van der Waals surface area contributed by atoms with Crippen LogP contribution in [-0.4, -0.2) is 52.0 Å². The number of phenols is 1. The number of anilines is 2. The van der Waals surface area contributed by atoms with Crippen LogP contribution < -0.4 is 20.9 Å². The predicted octanol–water partition coefficient (Wildman–Crippen LogP) is 3.67. The van der Waals surface area contributed by atoms with Crippen LogP contribution in [0.5, 0.6) is 11.5 Å². The van der Waals surface area contributed by atoms with Gasteiger partial charge >= 0.3 is 5.56 Å². The number of ether oxygens (including phenoxy) is 1. The highest BCUT2D eigenvalue weighted by Gasteiger charge is 2.39.